The van der Waals surface area contributed by atoms with E-state index in [0.29, 0.717) is 18.8 Å². The summed E-state index contributed by atoms with van der Waals surface area (Å²) in [6.45, 7) is 2.19. The van der Waals surface area contributed by atoms with Gasteiger partial charge in [0, 0.05) is 18.2 Å². The van der Waals surface area contributed by atoms with Crippen LogP contribution in [0.4, 0.5) is 5.82 Å². The smallest absolute Gasteiger partial charge is 0.335 e. The lowest BCUT2D eigenvalue weighted by atomic mass is 10.1. The first kappa shape index (κ1) is 19.8. The van der Waals surface area contributed by atoms with Gasteiger partial charge in [-0.15, -0.1) is 0 Å². The molecule has 0 bridgehead atoms. The molecule has 1 aliphatic heterocycles. The molecule has 1 aromatic heterocycles. The Labute approximate surface area is 174 Å². The van der Waals surface area contributed by atoms with Gasteiger partial charge in [-0.3, -0.25) is 4.79 Å². The number of anilines is 1. The number of carbonyl (C=O) groups excluding carboxylic acids is 2. The number of hydrogen-bond donors (Lipinski definition) is 1. The molecule has 1 amide bonds. The number of carbonyl (C=O) groups is 2. The molecule has 0 aliphatic carbocycles. The first-order valence-electron chi connectivity index (χ1n) is 9.91. The van der Waals surface area contributed by atoms with Crippen LogP contribution in [0.2, 0.25) is 0 Å². The Kier molecular flexibility index (Phi) is 5.90. The fourth-order valence-electron chi connectivity index (χ4n) is 3.27. The molecule has 0 saturated carbocycles. The van der Waals surface area contributed by atoms with Gasteiger partial charge in [0.25, 0.3) is 5.91 Å². The second-order valence-corrected chi connectivity index (χ2v) is 7.19. The molecule has 3 aromatic rings. The summed E-state index contributed by atoms with van der Waals surface area (Å²) >= 11 is 0. The number of para-hydroxylation sites is 1. The van der Waals surface area contributed by atoms with Crippen molar-refractivity contribution >= 4 is 17.7 Å². The highest BCUT2D eigenvalue weighted by atomic mass is 16.6. The van der Waals surface area contributed by atoms with E-state index in [0.717, 1.165) is 28.9 Å². The van der Waals surface area contributed by atoms with Crippen LogP contribution in [0.3, 0.4) is 0 Å². The van der Waals surface area contributed by atoms with Crippen molar-refractivity contribution < 1.29 is 19.1 Å². The monoisotopic (exact) mass is 405 g/mol. The maximum Gasteiger partial charge on any atom is 0.335 e. The topological polar surface area (TPSA) is 82.5 Å². The minimum Gasteiger partial charge on any atom is -0.454 e. The van der Waals surface area contributed by atoms with E-state index in [9.17, 15) is 9.59 Å². The van der Waals surface area contributed by atoms with Gasteiger partial charge in [0.2, 0.25) is 0 Å². The van der Waals surface area contributed by atoms with E-state index >= 15 is 0 Å². The zero-order valence-electron chi connectivity index (χ0n) is 16.7. The Morgan fingerprint density at radius 2 is 1.93 bits per heavy atom. The number of rotatable bonds is 6. The number of nitrogens with one attached hydrogen (secondary N) is 1. The predicted octanol–water partition coefficient (Wildman–Crippen LogP) is 3.51. The van der Waals surface area contributed by atoms with Crippen LogP contribution in [0.15, 0.2) is 60.7 Å². The van der Waals surface area contributed by atoms with Gasteiger partial charge in [0.1, 0.15) is 5.82 Å². The number of esters is 1. The molecule has 0 spiro atoms. The average Bonchev–Trinajstić information content (AvgIpc) is 3.44. The van der Waals surface area contributed by atoms with Gasteiger partial charge in [-0.05, 0) is 31.9 Å². The third kappa shape index (κ3) is 4.58. The van der Waals surface area contributed by atoms with Crippen molar-refractivity contribution in [2.75, 3.05) is 18.5 Å². The second kappa shape index (κ2) is 8.92. The number of amides is 1. The summed E-state index contributed by atoms with van der Waals surface area (Å²) < 4.78 is 12.0. The van der Waals surface area contributed by atoms with Crippen molar-refractivity contribution in [2.24, 2.45) is 0 Å². The SMILES string of the molecule is Cc1ccc(-c2cc(NC(=O)COC(=O)[C@@H]3CCCO3)n(-c3ccccc3)n2)cc1. The zero-order valence-corrected chi connectivity index (χ0v) is 16.7. The maximum atomic E-state index is 12.4. The van der Waals surface area contributed by atoms with Crippen LogP contribution in [0.25, 0.3) is 16.9 Å². The summed E-state index contributed by atoms with van der Waals surface area (Å²) in [7, 11) is 0. The lowest BCUT2D eigenvalue weighted by Gasteiger charge is -2.11. The summed E-state index contributed by atoms with van der Waals surface area (Å²) in [5.41, 5.74) is 3.63. The molecule has 0 radical (unpaired) electrons. The normalized spacial score (nSPS) is 15.7. The first-order valence-corrected chi connectivity index (χ1v) is 9.91. The van der Waals surface area contributed by atoms with Crippen molar-refractivity contribution in [1.82, 2.24) is 9.78 Å². The van der Waals surface area contributed by atoms with E-state index in [4.69, 9.17) is 9.47 Å². The standard InChI is InChI=1S/C23H23N3O4/c1-16-9-11-17(12-10-16)19-14-21(26(25-19)18-6-3-2-4-7-18)24-22(27)15-30-23(28)20-8-5-13-29-20/h2-4,6-7,9-12,14,20H,5,8,13,15H2,1H3,(H,24,27)/t20-/m0/s1. The molecular weight excluding hydrogens is 382 g/mol. The van der Waals surface area contributed by atoms with E-state index < -0.39 is 18.0 Å². The number of benzene rings is 2. The average molecular weight is 405 g/mol. The predicted molar refractivity (Wildman–Crippen MR) is 112 cm³/mol. The van der Waals surface area contributed by atoms with Crippen molar-refractivity contribution in [3.05, 3.63) is 66.2 Å². The number of hydrogen-bond acceptors (Lipinski definition) is 5. The van der Waals surface area contributed by atoms with Crippen LogP contribution in [0, 0.1) is 6.92 Å². The molecule has 7 nitrogen and oxygen atoms in total. The molecule has 2 heterocycles. The van der Waals surface area contributed by atoms with E-state index in [-0.39, 0.29) is 6.61 Å². The van der Waals surface area contributed by atoms with E-state index in [1.165, 1.54) is 0 Å². The summed E-state index contributed by atoms with van der Waals surface area (Å²) in [5.74, 6) is -0.441. The van der Waals surface area contributed by atoms with Gasteiger partial charge in [0.15, 0.2) is 12.7 Å². The van der Waals surface area contributed by atoms with Crippen molar-refractivity contribution in [2.45, 2.75) is 25.9 Å². The highest BCUT2D eigenvalue weighted by Crippen LogP contribution is 2.25. The second-order valence-electron chi connectivity index (χ2n) is 7.19. The molecule has 1 atom stereocenters. The highest BCUT2D eigenvalue weighted by Gasteiger charge is 2.25. The minimum atomic E-state index is -0.569. The van der Waals surface area contributed by atoms with Crippen LogP contribution >= 0.6 is 0 Å². The zero-order chi connectivity index (χ0) is 20.9. The van der Waals surface area contributed by atoms with Gasteiger partial charge >= 0.3 is 5.97 Å². The Bertz CT molecular complexity index is 1020. The lowest BCUT2D eigenvalue weighted by molar-refractivity contribution is -0.156. The number of aryl methyl sites for hydroxylation is 1. The largest absolute Gasteiger partial charge is 0.454 e. The molecule has 1 aliphatic rings. The van der Waals surface area contributed by atoms with Crippen LogP contribution in [0.1, 0.15) is 18.4 Å². The van der Waals surface area contributed by atoms with Gasteiger partial charge in [0.05, 0.1) is 11.4 Å². The molecule has 154 valence electrons. The third-order valence-electron chi connectivity index (χ3n) is 4.86. The third-order valence-corrected chi connectivity index (χ3v) is 4.86. The quantitative estimate of drug-likeness (QED) is 0.635. The van der Waals surface area contributed by atoms with Crippen molar-refractivity contribution in [3.8, 4) is 16.9 Å². The fraction of sp³-hybridized carbons (Fsp3) is 0.261. The Morgan fingerprint density at radius 1 is 1.17 bits per heavy atom. The number of ether oxygens (including phenoxy) is 2. The van der Waals surface area contributed by atoms with E-state index in [2.05, 4.69) is 10.4 Å². The van der Waals surface area contributed by atoms with Gasteiger partial charge in [-0.25, -0.2) is 9.48 Å². The van der Waals surface area contributed by atoms with E-state index in [1.807, 2.05) is 61.5 Å². The van der Waals surface area contributed by atoms with Gasteiger partial charge < -0.3 is 14.8 Å². The molecule has 7 heteroatoms. The molecular formula is C23H23N3O4. The molecule has 2 aromatic carbocycles. The summed E-state index contributed by atoms with van der Waals surface area (Å²) in [6, 6.07) is 19.3. The molecule has 1 N–H and O–H groups in total. The van der Waals surface area contributed by atoms with Crippen LogP contribution in [0.5, 0.6) is 0 Å². The van der Waals surface area contributed by atoms with Crippen molar-refractivity contribution in [3.63, 3.8) is 0 Å². The number of aromatic nitrogens is 2. The minimum absolute atomic E-state index is 0.376. The Morgan fingerprint density at radius 3 is 2.63 bits per heavy atom. The molecule has 30 heavy (non-hydrogen) atoms. The maximum absolute atomic E-state index is 12.4. The van der Waals surface area contributed by atoms with Gasteiger partial charge in [-0.1, -0.05) is 48.0 Å². The molecule has 1 saturated heterocycles. The van der Waals surface area contributed by atoms with Crippen LogP contribution in [-0.2, 0) is 19.1 Å². The summed E-state index contributed by atoms with van der Waals surface area (Å²) in [5, 5.41) is 7.47. The Hall–Kier alpha value is -3.45. The first-order chi connectivity index (χ1) is 14.6. The molecule has 1 fully saturated rings. The van der Waals surface area contributed by atoms with Gasteiger partial charge in [-0.2, -0.15) is 5.10 Å². The van der Waals surface area contributed by atoms with E-state index in [1.54, 1.807) is 10.7 Å². The van der Waals surface area contributed by atoms with Crippen LogP contribution < -0.4 is 5.32 Å². The molecule has 0 unspecified atom stereocenters. The highest BCUT2D eigenvalue weighted by molar-refractivity contribution is 5.93. The Balaban J connectivity index is 1.52. The lowest BCUT2D eigenvalue weighted by Crippen LogP contribution is -2.27. The van der Waals surface area contributed by atoms with Crippen LogP contribution in [-0.4, -0.2) is 41.0 Å². The molecule has 4 rings (SSSR count). The fourth-order valence-corrected chi connectivity index (χ4v) is 3.27. The number of nitrogens with zero attached hydrogens (tertiary/aromatic N) is 2. The summed E-state index contributed by atoms with van der Waals surface area (Å²) in [6.07, 6.45) is 0.881. The van der Waals surface area contributed by atoms with Crippen molar-refractivity contribution in [1.29, 1.82) is 0 Å². The summed E-state index contributed by atoms with van der Waals surface area (Å²) in [4.78, 5) is 24.4.